The van der Waals surface area contributed by atoms with E-state index in [0.717, 1.165) is 11.4 Å². The van der Waals surface area contributed by atoms with Crippen LogP contribution in [0.4, 0.5) is 5.82 Å². The van der Waals surface area contributed by atoms with Crippen molar-refractivity contribution in [3.63, 3.8) is 0 Å². The molecule has 0 saturated carbocycles. The molecule has 0 spiro atoms. The minimum atomic E-state index is -0.363. The molecule has 0 aliphatic carbocycles. The van der Waals surface area contributed by atoms with E-state index < -0.39 is 0 Å². The number of ether oxygens (including phenoxy) is 1. The van der Waals surface area contributed by atoms with Crippen molar-refractivity contribution in [2.75, 3.05) is 12.4 Å². The summed E-state index contributed by atoms with van der Waals surface area (Å²) in [4.78, 5) is 12.6. The molecule has 2 aromatic heterocycles. The topological polar surface area (TPSA) is 81.9 Å². The van der Waals surface area contributed by atoms with Crippen molar-refractivity contribution in [2.45, 2.75) is 26.2 Å². The number of carbonyl (C=O) groups is 1. The van der Waals surface area contributed by atoms with Gasteiger partial charge in [0.15, 0.2) is 5.69 Å². The third-order valence-corrected chi connectivity index (χ3v) is 3.80. The second-order valence-corrected chi connectivity index (χ2v) is 6.83. The molecule has 7 nitrogen and oxygen atoms in total. The zero-order valence-electron chi connectivity index (χ0n) is 15.2. The molecule has 0 aliphatic heterocycles. The standard InChI is InChI=1S/C19H21N5O2/c1-19(2,3)15-12-16(24(23-15)13-8-6-5-7-9-13)20-18(25)14-10-11-17(26-4)22-21-14/h5-12H,1-4H3,(H,20,25). The molecule has 0 atom stereocenters. The highest BCUT2D eigenvalue weighted by Crippen LogP contribution is 2.26. The number of rotatable bonds is 4. The van der Waals surface area contributed by atoms with E-state index in [1.807, 2.05) is 36.4 Å². The number of nitrogens with one attached hydrogen (secondary N) is 1. The van der Waals surface area contributed by atoms with Gasteiger partial charge in [-0.2, -0.15) is 5.10 Å². The summed E-state index contributed by atoms with van der Waals surface area (Å²) in [6, 6.07) is 14.7. The lowest BCUT2D eigenvalue weighted by Gasteiger charge is -2.14. The van der Waals surface area contributed by atoms with E-state index in [9.17, 15) is 4.79 Å². The van der Waals surface area contributed by atoms with Gasteiger partial charge in [0.05, 0.1) is 18.5 Å². The lowest BCUT2D eigenvalue weighted by Crippen LogP contribution is -2.17. The Kier molecular flexibility index (Phi) is 4.71. The summed E-state index contributed by atoms with van der Waals surface area (Å²) in [6.45, 7) is 6.22. The van der Waals surface area contributed by atoms with Crippen molar-refractivity contribution in [1.82, 2.24) is 20.0 Å². The van der Waals surface area contributed by atoms with Crippen molar-refractivity contribution < 1.29 is 9.53 Å². The van der Waals surface area contributed by atoms with Gasteiger partial charge in [0, 0.05) is 17.5 Å². The van der Waals surface area contributed by atoms with Crippen LogP contribution >= 0.6 is 0 Å². The molecular formula is C19H21N5O2. The van der Waals surface area contributed by atoms with Gasteiger partial charge in [-0.3, -0.25) is 4.79 Å². The summed E-state index contributed by atoms with van der Waals surface area (Å²) in [7, 11) is 1.50. The molecule has 26 heavy (non-hydrogen) atoms. The van der Waals surface area contributed by atoms with Crippen LogP contribution in [0.5, 0.6) is 5.88 Å². The molecule has 0 radical (unpaired) electrons. The van der Waals surface area contributed by atoms with Crippen molar-refractivity contribution >= 4 is 11.7 Å². The first kappa shape index (κ1) is 17.6. The maximum Gasteiger partial charge on any atom is 0.277 e. The van der Waals surface area contributed by atoms with Gasteiger partial charge in [-0.25, -0.2) is 4.68 Å². The monoisotopic (exact) mass is 351 g/mol. The Morgan fingerprint density at radius 2 is 1.81 bits per heavy atom. The molecule has 1 aromatic carbocycles. The minimum absolute atomic E-state index is 0.153. The quantitative estimate of drug-likeness (QED) is 0.780. The van der Waals surface area contributed by atoms with Gasteiger partial charge >= 0.3 is 0 Å². The zero-order valence-corrected chi connectivity index (χ0v) is 15.2. The smallest absolute Gasteiger partial charge is 0.277 e. The van der Waals surface area contributed by atoms with Gasteiger partial charge in [-0.1, -0.05) is 39.0 Å². The predicted octanol–water partition coefficient (Wildman–Crippen LogP) is 3.22. The number of hydrogen-bond acceptors (Lipinski definition) is 5. The van der Waals surface area contributed by atoms with E-state index in [0.29, 0.717) is 11.7 Å². The number of anilines is 1. The highest BCUT2D eigenvalue weighted by Gasteiger charge is 2.22. The molecule has 0 aliphatic rings. The summed E-state index contributed by atoms with van der Waals surface area (Å²) in [5.41, 5.74) is 1.78. The van der Waals surface area contributed by atoms with Crippen LogP contribution in [0.25, 0.3) is 5.69 Å². The molecule has 1 amide bonds. The Balaban J connectivity index is 1.95. The Bertz CT molecular complexity index is 896. The van der Waals surface area contributed by atoms with E-state index in [-0.39, 0.29) is 17.0 Å². The predicted molar refractivity (Wildman–Crippen MR) is 98.8 cm³/mol. The van der Waals surface area contributed by atoms with Crippen LogP contribution in [0.15, 0.2) is 48.5 Å². The number of hydrogen-bond donors (Lipinski definition) is 1. The number of carbonyl (C=O) groups excluding carboxylic acids is 1. The van der Waals surface area contributed by atoms with Crippen molar-refractivity contribution in [2.24, 2.45) is 0 Å². The summed E-state index contributed by atoms with van der Waals surface area (Å²) in [5, 5.41) is 15.3. The lowest BCUT2D eigenvalue weighted by molar-refractivity contribution is 0.102. The third kappa shape index (κ3) is 3.72. The average molecular weight is 351 g/mol. The number of nitrogens with zero attached hydrogens (tertiary/aromatic N) is 4. The molecule has 1 N–H and O–H groups in total. The van der Waals surface area contributed by atoms with Crippen LogP contribution in [0.3, 0.4) is 0 Å². The summed E-state index contributed by atoms with van der Waals surface area (Å²) in [6.07, 6.45) is 0. The molecule has 2 heterocycles. The van der Waals surface area contributed by atoms with Crippen LogP contribution in [0.1, 0.15) is 37.0 Å². The summed E-state index contributed by atoms with van der Waals surface area (Å²) >= 11 is 0. The highest BCUT2D eigenvalue weighted by molar-refractivity contribution is 6.02. The first-order chi connectivity index (χ1) is 12.4. The molecular weight excluding hydrogens is 330 g/mol. The fourth-order valence-electron chi connectivity index (χ4n) is 2.33. The Morgan fingerprint density at radius 1 is 1.08 bits per heavy atom. The average Bonchev–Trinajstić information content (AvgIpc) is 3.06. The number of amides is 1. The fourth-order valence-corrected chi connectivity index (χ4v) is 2.33. The van der Waals surface area contributed by atoms with Gasteiger partial charge in [-0.15, -0.1) is 10.2 Å². The Morgan fingerprint density at radius 3 is 2.38 bits per heavy atom. The van der Waals surface area contributed by atoms with E-state index in [2.05, 4.69) is 41.4 Å². The fraction of sp³-hybridized carbons (Fsp3) is 0.263. The summed E-state index contributed by atoms with van der Waals surface area (Å²) in [5.74, 6) is 0.562. The Hall–Kier alpha value is -3.22. The molecule has 3 rings (SSSR count). The van der Waals surface area contributed by atoms with E-state index in [4.69, 9.17) is 4.74 Å². The van der Waals surface area contributed by atoms with Crippen molar-refractivity contribution in [3.05, 3.63) is 59.9 Å². The first-order valence-electron chi connectivity index (χ1n) is 8.23. The van der Waals surface area contributed by atoms with Crippen LogP contribution in [-0.2, 0) is 5.41 Å². The lowest BCUT2D eigenvalue weighted by atomic mass is 9.92. The normalized spacial score (nSPS) is 11.2. The molecule has 0 bridgehead atoms. The third-order valence-electron chi connectivity index (χ3n) is 3.80. The number of methoxy groups -OCH3 is 1. The minimum Gasteiger partial charge on any atom is -0.480 e. The number of aromatic nitrogens is 4. The van der Waals surface area contributed by atoms with Gasteiger partial charge in [0.25, 0.3) is 5.91 Å². The maximum absolute atomic E-state index is 12.6. The summed E-state index contributed by atoms with van der Waals surface area (Å²) < 4.78 is 6.68. The highest BCUT2D eigenvalue weighted by atomic mass is 16.5. The largest absolute Gasteiger partial charge is 0.480 e. The van der Waals surface area contributed by atoms with Gasteiger partial charge in [0.2, 0.25) is 5.88 Å². The maximum atomic E-state index is 12.6. The zero-order chi connectivity index (χ0) is 18.7. The molecule has 7 heteroatoms. The van der Waals surface area contributed by atoms with Gasteiger partial charge in [0.1, 0.15) is 5.82 Å². The molecule has 0 unspecified atom stereocenters. The van der Waals surface area contributed by atoms with Gasteiger partial charge in [-0.05, 0) is 18.2 Å². The molecule has 134 valence electrons. The molecule has 0 fully saturated rings. The van der Waals surface area contributed by atoms with Gasteiger partial charge < -0.3 is 10.1 Å². The number of benzene rings is 1. The van der Waals surface area contributed by atoms with E-state index >= 15 is 0 Å². The van der Waals surface area contributed by atoms with E-state index in [1.165, 1.54) is 7.11 Å². The van der Waals surface area contributed by atoms with Crippen LogP contribution < -0.4 is 10.1 Å². The van der Waals surface area contributed by atoms with E-state index in [1.54, 1.807) is 16.8 Å². The Labute approximate surface area is 152 Å². The second kappa shape index (κ2) is 6.95. The number of para-hydroxylation sites is 1. The van der Waals surface area contributed by atoms with Crippen LogP contribution in [0.2, 0.25) is 0 Å². The second-order valence-electron chi connectivity index (χ2n) is 6.83. The van der Waals surface area contributed by atoms with Crippen LogP contribution in [-0.4, -0.2) is 33.0 Å². The molecule has 3 aromatic rings. The van der Waals surface area contributed by atoms with Crippen molar-refractivity contribution in [1.29, 1.82) is 0 Å². The SMILES string of the molecule is COc1ccc(C(=O)Nc2cc(C(C)(C)C)nn2-c2ccccc2)nn1. The molecule has 0 saturated heterocycles. The van der Waals surface area contributed by atoms with Crippen molar-refractivity contribution in [3.8, 4) is 11.6 Å². The first-order valence-corrected chi connectivity index (χ1v) is 8.23. The van der Waals surface area contributed by atoms with Crippen LogP contribution in [0, 0.1) is 0 Å².